The first-order chi connectivity index (χ1) is 4.66. The molecular weight excluding hydrogens is 173 g/mol. The maximum Gasteiger partial charge on any atom is 0.245 e. The molecule has 0 bridgehead atoms. The topological polar surface area (TPSA) is 63.6 Å². The minimum atomic E-state index is -1.20. The van der Waals surface area contributed by atoms with Crippen LogP contribution in [0.15, 0.2) is 0 Å². The molecule has 0 saturated heterocycles. The van der Waals surface area contributed by atoms with Gasteiger partial charge in [0.05, 0.1) is 0 Å². The Hall–Kier alpha value is -0.410. The van der Waals surface area contributed by atoms with Crippen molar-refractivity contribution in [3.05, 3.63) is 0 Å². The molecule has 1 N–H and O–H groups in total. The van der Waals surface area contributed by atoms with Crippen LogP contribution in [0.2, 0.25) is 0 Å². The van der Waals surface area contributed by atoms with E-state index in [0.717, 1.165) is 7.17 Å². The van der Waals surface area contributed by atoms with Gasteiger partial charge in [0.1, 0.15) is 0 Å². The monoisotopic (exact) mass is 174 g/mol. The lowest BCUT2D eigenvalue weighted by atomic mass is 9.39. The fraction of sp³-hybridized carbons (Fsp3) is 0. The Balaban J connectivity index is 3.39. The van der Waals surface area contributed by atoms with E-state index < -0.39 is 11.7 Å². The Bertz CT molecular complexity index is 161. The van der Waals surface area contributed by atoms with Crippen LogP contribution in [0.25, 0.3) is 0 Å². The third kappa shape index (κ3) is 5.72. The van der Waals surface area contributed by atoms with Crippen molar-refractivity contribution in [2.24, 2.45) is 0 Å². The summed E-state index contributed by atoms with van der Waals surface area (Å²) in [7, 11) is 1.52. The highest BCUT2D eigenvalue weighted by Gasteiger charge is 2.09. The number of carboxylic acid groups (broad SMARTS) is 1. The van der Waals surface area contributed by atoms with Crippen LogP contribution >= 0.6 is 7.58 Å². The summed E-state index contributed by atoms with van der Waals surface area (Å²) >= 11 is 4.26. The molecule has 50 valence electrons. The summed E-state index contributed by atoms with van der Waals surface area (Å²) in [4.78, 5) is 20.1. The van der Waals surface area contributed by atoms with Gasteiger partial charge in [0.25, 0.3) is 0 Å². The molecule has 0 aliphatic heterocycles. The first-order valence-corrected chi connectivity index (χ1v) is 3.94. The van der Waals surface area contributed by atoms with Gasteiger partial charge in [-0.2, -0.15) is 0 Å². The number of carbonyl (C=O) groups excluding carboxylic acids is 1. The van der Waals surface area contributed by atoms with Crippen molar-refractivity contribution < 1.29 is 19.2 Å². The van der Waals surface area contributed by atoms with E-state index >= 15 is 0 Å². The predicted molar refractivity (Wildman–Crippen MR) is 40.3 cm³/mol. The van der Waals surface area contributed by atoms with Gasteiger partial charge in [-0.25, -0.2) is 0 Å². The van der Waals surface area contributed by atoms with Gasteiger partial charge >= 0.3 is 0 Å². The van der Waals surface area contributed by atoms with E-state index in [-0.39, 0.29) is 7.58 Å². The van der Waals surface area contributed by atoms with Crippen LogP contribution < -0.4 is 0 Å². The minimum absolute atomic E-state index is 0.0411. The van der Waals surface area contributed by atoms with Gasteiger partial charge in [-0.05, 0) is 11.8 Å². The van der Waals surface area contributed by atoms with Crippen molar-refractivity contribution in [1.82, 2.24) is 0 Å². The van der Waals surface area contributed by atoms with Crippen LogP contribution in [-0.2, 0) is 16.3 Å². The van der Waals surface area contributed by atoms with Crippen molar-refractivity contribution in [3.63, 3.8) is 0 Å². The highest BCUT2D eigenvalue weighted by atomic mass is 32.4. The van der Waals surface area contributed by atoms with E-state index in [1.54, 1.807) is 0 Å². The molecule has 2 radical (unpaired) electrons. The number of rotatable bonds is 4. The standard InChI is InChI=1S/C2HB2O4PS/c5-1(6)3-4-2(7)8-9-10/h(H,5,6). The molecule has 0 aromatic carbocycles. The lowest BCUT2D eigenvalue weighted by Gasteiger charge is -1.89. The summed E-state index contributed by atoms with van der Waals surface area (Å²) in [6.45, 7) is 0. The van der Waals surface area contributed by atoms with Gasteiger partial charge in [0.15, 0.2) is 0 Å². The molecule has 0 aromatic heterocycles. The molecule has 0 aliphatic carbocycles. The van der Waals surface area contributed by atoms with Crippen molar-refractivity contribution >= 4 is 45.5 Å². The maximum atomic E-state index is 10.3. The molecule has 0 aliphatic rings. The zero-order valence-corrected chi connectivity index (χ0v) is 6.39. The lowest BCUT2D eigenvalue weighted by Crippen LogP contribution is -2.21. The molecule has 0 aromatic rings. The van der Waals surface area contributed by atoms with Gasteiger partial charge in [-0.15, -0.1) is 0 Å². The maximum absolute atomic E-state index is 10.3. The van der Waals surface area contributed by atoms with Crippen molar-refractivity contribution in [2.75, 3.05) is 0 Å². The summed E-state index contributed by atoms with van der Waals surface area (Å²) in [6.07, 6.45) is 0. The fourth-order valence-electron chi connectivity index (χ4n) is 0.206. The molecular formula is C2HB2O4PS. The molecule has 0 unspecified atom stereocenters. The number of hydrogen-bond acceptors (Lipinski definition) is 4. The van der Waals surface area contributed by atoms with E-state index in [1.807, 2.05) is 0 Å². The Morgan fingerprint density at radius 3 is 2.50 bits per heavy atom. The number of hydrogen-bond donors (Lipinski definition) is 1. The highest BCUT2D eigenvalue weighted by molar-refractivity contribution is 7.94. The second kappa shape index (κ2) is 5.38. The molecule has 0 rings (SSSR count). The zero-order chi connectivity index (χ0) is 7.98. The summed E-state index contributed by atoms with van der Waals surface area (Å²) in [6, 6.07) is 0. The molecule has 8 heteroatoms. The summed E-state index contributed by atoms with van der Waals surface area (Å²) in [5, 5.41) is 8.01. The van der Waals surface area contributed by atoms with Crippen LogP contribution in [0.5, 0.6) is 0 Å². The first kappa shape index (κ1) is 9.59. The Morgan fingerprint density at radius 1 is 1.50 bits per heavy atom. The third-order valence-electron chi connectivity index (χ3n) is 0.489. The van der Waals surface area contributed by atoms with Crippen LogP contribution in [0.3, 0.4) is 0 Å². The van der Waals surface area contributed by atoms with Crippen LogP contribution in [0.4, 0.5) is 9.59 Å². The van der Waals surface area contributed by atoms with Gasteiger partial charge in [0, 0.05) is 0 Å². The van der Waals surface area contributed by atoms with Crippen LogP contribution in [0.1, 0.15) is 0 Å². The first-order valence-electron chi connectivity index (χ1n) is 2.11. The average molecular weight is 174 g/mol. The van der Waals surface area contributed by atoms with E-state index in [2.05, 4.69) is 16.3 Å². The Labute approximate surface area is 65.3 Å². The van der Waals surface area contributed by atoms with E-state index in [0.29, 0.717) is 7.17 Å². The van der Waals surface area contributed by atoms with Crippen molar-refractivity contribution in [3.8, 4) is 0 Å². The Kier molecular flexibility index (Phi) is 5.16. The second-order valence-corrected chi connectivity index (χ2v) is 1.94. The quantitative estimate of drug-likeness (QED) is 0.494. The second-order valence-electron chi connectivity index (χ2n) is 1.16. The Morgan fingerprint density at radius 2 is 2.10 bits per heavy atom. The molecule has 4 nitrogen and oxygen atoms in total. The minimum Gasteiger partial charge on any atom is -0.490 e. The highest BCUT2D eigenvalue weighted by Crippen LogP contribution is 1.94. The van der Waals surface area contributed by atoms with Crippen molar-refractivity contribution in [2.45, 2.75) is 0 Å². The molecule has 0 heterocycles. The van der Waals surface area contributed by atoms with Gasteiger partial charge < -0.3 is 9.63 Å². The third-order valence-corrected chi connectivity index (χ3v) is 0.967. The van der Waals surface area contributed by atoms with E-state index in [1.165, 1.54) is 0 Å². The molecule has 0 saturated carbocycles. The lowest BCUT2D eigenvalue weighted by molar-refractivity contribution is 0.219. The SMILES string of the molecule is O=C(O)[B][B]C(=O)OP=S. The van der Waals surface area contributed by atoms with Gasteiger partial charge in [0.2, 0.25) is 33.7 Å². The van der Waals surface area contributed by atoms with Crippen LogP contribution in [-0.4, -0.2) is 31.2 Å². The molecule has 0 atom stereocenters. The van der Waals surface area contributed by atoms with E-state index in [9.17, 15) is 9.59 Å². The average Bonchev–Trinajstić information content (AvgIpc) is 1.85. The zero-order valence-electron chi connectivity index (χ0n) is 4.68. The van der Waals surface area contributed by atoms with Gasteiger partial charge in [-0.1, -0.05) is 0 Å². The summed E-state index contributed by atoms with van der Waals surface area (Å²) in [5.74, 6) is -1.95. The number of carbonyl (C=O) groups is 2. The van der Waals surface area contributed by atoms with Crippen LogP contribution in [0, 0.1) is 0 Å². The molecule has 0 spiro atoms. The molecule has 0 fully saturated rings. The molecule has 0 amide bonds. The smallest absolute Gasteiger partial charge is 0.245 e. The van der Waals surface area contributed by atoms with Gasteiger partial charge in [-0.3, -0.25) is 9.59 Å². The fourth-order valence-corrected chi connectivity index (χ4v) is 0.561. The van der Waals surface area contributed by atoms with Crippen molar-refractivity contribution in [1.29, 1.82) is 0 Å². The largest absolute Gasteiger partial charge is 0.490 e. The predicted octanol–water partition coefficient (Wildman–Crippen LogP) is 0.447. The summed E-state index contributed by atoms with van der Waals surface area (Å²) in [5.41, 5.74) is 0. The summed E-state index contributed by atoms with van der Waals surface area (Å²) < 4.78 is 4.19. The van der Waals surface area contributed by atoms with E-state index in [4.69, 9.17) is 5.11 Å². The molecule has 10 heavy (non-hydrogen) atoms. The normalized spacial score (nSPS) is 8.40.